The third-order valence-electron chi connectivity index (χ3n) is 3.54. The van der Waals surface area contributed by atoms with E-state index in [1.807, 2.05) is 19.0 Å². The molecule has 0 radical (unpaired) electrons. The van der Waals surface area contributed by atoms with E-state index in [-0.39, 0.29) is 6.03 Å². The van der Waals surface area contributed by atoms with Crippen molar-refractivity contribution in [3.8, 4) is 0 Å². The number of carbonyl (C=O) groups excluding carboxylic acids is 1. The minimum absolute atomic E-state index is 0.153. The van der Waals surface area contributed by atoms with Gasteiger partial charge in [-0.15, -0.1) is 0 Å². The summed E-state index contributed by atoms with van der Waals surface area (Å²) in [7, 11) is 3.64. The highest BCUT2D eigenvalue weighted by atomic mass is 16.2. The second-order valence-corrected chi connectivity index (χ2v) is 5.29. The fourth-order valence-corrected chi connectivity index (χ4v) is 2.21. The van der Waals surface area contributed by atoms with Gasteiger partial charge in [-0.3, -0.25) is 0 Å². The van der Waals surface area contributed by atoms with Crippen LogP contribution < -0.4 is 5.32 Å². The van der Waals surface area contributed by atoms with E-state index >= 15 is 0 Å². The summed E-state index contributed by atoms with van der Waals surface area (Å²) in [5, 5.41) is 3.62. The number of urea groups is 1. The van der Waals surface area contributed by atoms with E-state index < -0.39 is 0 Å². The predicted molar refractivity (Wildman–Crippen MR) is 64.4 cm³/mol. The van der Waals surface area contributed by atoms with E-state index in [1.165, 1.54) is 19.4 Å². The third-order valence-corrected chi connectivity index (χ3v) is 3.54. The quantitative estimate of drug-likeness (QED) is 0.781. The molecule has 0 unspecified atom stereocenters. The van der Waals surface area contributed by atoms with Crippen molar-refractivity contribution >= 4 is 6.03 Å². The molecule has 1 aliphatic heterocycles. The number of piperidine rings is 1. The number of likely N-dealkylation sites (tertiary alicyclic amines) is 1. The highest BCUT2D eigenvalue weighted by Crippen LogP contribution is 2.28. The molecule has 0 aromatic heterocycles. The van der Waals surface area contributed by atoms with Gasteiger partial charge >= 0.3 is 6.03 Å². The lowest BCUT2D eigenvalue weighted by Crippen LogP contribution is -2.48. The minimum Gasteiger partial charge on any atom is -0.331 e. The highest BCUT2D eigenvalue weighted by molar-refractivity contribution is 5.73. The molecule has 16 heavy (non-hydrogen) atoms. The molecule has 0 aromatic rings. The Labute approximate surface area is 98.0 Å². The van der Waals surface area contributed by atoms with Crippen LogP contribution in [-0.2, 0) is 0 Å². The topological polar surface area (TPSA) is 35.6 Å². The molecular formula is C12H23N3O. The highest BCUT2D eigenvalue weighted by Gasteiger charge is 2.26. The van der Waals surface area contributed by atoms with Gasteiger partial charge in [0.15, 0.2) is 0 Å². The summed E-state index contributed by atoms with van der Waals surface area (Å²) in [6.45, 7) is 2.99. The molecule has 2 rings (SSSR count). The Hall–Kier alpha value is -0.770. The summed E-state index contributed by atoms with van der Waals surface area (Å²) in [5.41, 5.74) is 0. The fourth-order valence-electron chi connectivity index (χ4n) is 2.21. The van der Waals surface area contributed by atoms with E-state index in [0.717, 1.165) is 31.8 Å². The second kappa shape index (κ2) is 5.04. The molecule has 1 saturated carbocycles. The number of rotatable bonds is 3. The first-order chi connectivity index (χ1) is 7.66. The normalized spacial score (nSPS) is 22.2. The second-order valence-electron chi connectivity index (χ2n) is 5.29. The largest absolute Gasteiger partial charge is 0.331 e. The first-order valence-electron chi connectivity index (χ1n) is 6.36. The Morgan fingerprint density at radius 3 is 2.38 bits per heavy atom. The Morgan fingerprint density at radius 1 is 1.25 bits per heavy atom. The molecule has 4 nitrogen and oxygen atoms in total. The standard InChI is InChI=1S/C12H23N3O/c1-14(2)12(16)15-7-5-11(6-8-15)13-9-10-3-4-10/h10-11,13H,3-9H2,1-2H3. The average molecular weight is 225 g/mol. The number of amides is 2. The molecule has 4 heteroatoms. The van der Waals surface area contributed by atoms with Crippen LogP contribution in [0.3, 0.4) is 0 Å². The van der Waals surface area contributed by atoms with Crippen LogP contribution in [0.4, 0.5) is 4.79 Å². The van der Waals surface area contributed by atoms with Crippen LogP contribution in [0.25, 0.3) is 0 Å². The first kappa shape index (κ1) is 11.7. The molecule has 0 atom stereocenters. The van der Waals surface area contributed by atoms with Crippen LogP contribution in [0.1, 0.15) is 25.7 Å². The summed E-state index contributed by atoms with van der Waals surface area (Å²) in [6, 6.07) is 0.785. The summed E-state index contributed by atoms with van der Waals surface area (Å²) in [6.07, 6.45) is 5.02. The van der Waals surface area contributed by atoms with Crippen molar-refractivity contribution in [2.75, 3.05) is 33.7 Å². The van der Waals surface area contributed by atoms with E-state index in [2.05, 4.69) is 5.32 Å². The van der Waals surface area contributed by atoms with E-state index in [9.17, 15) is 4.79 Å². The van der Waals surface area contributed by atoms with Crippen LogP contribution in [0, 0.1) is 5.92 Å². The van der Waals surface area contributed by atoms with E-state index in [4.69, 9.17) is 0 Å². The summed E-state index contributed by atoms with van der Waals surface area (Å²) >= 11 is 0. The number of nitrogens with zero attached hydrogens (tertiary/aromatic N) is 2. The van der Waals surface area contributed by atoms with E-state index in [0.29, 0.717) is 6.04 Å². The number of carbonyl (C=O) groups is 1. The van der Waals surface area contributed by atoms with Crippen molar-refractivity contribution in [1.82, 2.24) is 15.1 Å². The van der Waals surface area contributed by atoms with Gasteiger partial charge in [-0.2, -0.15) is 0 Å². The van der Waals surface area contributed by atoms with Crippen molar-refractivity contribution in [2.45, 2.75) is 31.7 Å². The van der Waals surface area contributed by atoms with Crippen molar-refractivity contribution in [2.24, 2.45) is 5.92 Å². The van der Waals surface area contributed by atoms with Crippen molar-refractivity contribution in [1.29, 1.82) is 0 Å². The maximum Gasteiger partial charge on any atom is 0.319 e. The van der Waals surface area contributed by atoms with Gasteiger partial charge in [0.1, 0.15) is 0 Å². The van der Waals surface area contributed by atoms with Crippen molar-refractivity contribution < 1.29 is 4.79 Å². The van der Waals surface area contributed by atoms with E-state index in [1.54, 1.807) is 4.90 Å². The smallest absolute Gasteiger partial charge is 0.319 e. The number of nitrogens with one attached hydrogen (secondary N) is 1. The summed E-state index contributed by atoms with van der Waals surface area (Å²) < 4.78 is 0. The summed E-state index contributed by atoms with van der Waals surface area (Å²) in [4.78, 5) is 15.3. The van der Waals surface area contributed by atoms with Gasteiger partial charge in [0.25, 0.3) is 0 Å². The molecule has 1 aliphatic carbocycles. The van der Waals surface area contributed by atoms with Crippen molar-refractivity contribution in [3.63, 3.8) is 0 Å². The SMILES string of the molecule is CN(C)C(=O)N1CCC(NCC2CC2)CC1. The Morgan fingerprint density at radius 2 is 1.88 bits per heavy atom. The van der Waals surface area contributed by atoms with Gasteiger partial charge in [-0.05, 0) is 38.1 Å². The zero-order valence-electron chi connectivity index (χ0n) is 10.4. The Balaban J connectivity index is 1.67. The molecule has 2 aliphatic rings. The first-order valence-corrected chi connectivity index (χ1v) is 6.36. The van der Waals surface area contributed by atoms with Crippen LogP contribution in [0.5, 0.6) is 0 Å². The maximum absolute atomic E-state index is 11.7. The van der Waals surface area contributed by atoms with Gasteiger partial charge in [0.05, 0.1) is 0 Å². The van der Waals surface area contributed by atoms with Gasteiger partial charge in [-0.1, -0.05) is 0 Å². The zero-order chi connectivity index (χ0) is 11.5. The van der Waals surface area contributed by atoms with Crippen LogP contribution in [-0.4, -0.2) is 55.6 Å². The molecular weight excluding hydrogens is 202 g/mol. The average Bonchev–Trinajstić information content (AvgIpc) is 3.10. The van der Waals surface area contributed by atoms with Crippen LogP contribution >= 0.6 is 0 Å². The molecule has 2 amide bonds. The maximum atomic E-state index is 11.7. The molecule has 0 spiro atoms. The third kappa shape index (κ3) is 3.11. The van der Waals surface area contributed by atoms with Crippen LogP contribution in [0.15, 0.2) is 0 Å². The molecule has 1 heterocycles. The Bertz CT molecular complexity index is 243. The molecule has 1 N–H and O–H groups in total. The lowest BCUT2D eigenvalue weighted by atomic mass is 10.1. The monoisotopic (exact) mass is 225 g/mol. The number of hydrogen-bond donors (Lipinski definition) is 1. The van der Waals surface area contributed by atoms with Crippen LogP contribution in [0.2, 0.25) is 0 Å². The van der Waals surface area contributed by atoms with Gasteiger partial charge in [-0.25, -0.2) is 4.79 Å². The number of hydrogen-bond acceptors (Lipinski definition) is 2. The minimum atomic E-state index is 0.153. The molecule has 0 bridgehead atoms. The molecule has 92 valence electrons. The fraction of sp³-hybridized carbons (Fsp3) is 0.917. The van der Waals surface area contributed by atoms with Crippen molar-refractivity contribution in [3.05, 3.63) is 0 Å². The summed E-state index contributed by atoms with van der Waals surface area (Å²) in [5.74, 6) is 0.946. The predicted octanol–water partition coefficient (Wildman–Crippen LogP) is 1.13. The lowest BCUT2D eigenvalue weighted by molar-refractivity contribution is 0.152. The molecule has 0 aromatic carbocycles. The Kier molecular flexibility index (Phi) is 3.69. The van der Waals surface area contributed by atoms with Gasteiger partial charge in [0, 0.05) is 33.2 Å². The molecule has 1 saturated heterocycles. The van der Waals surface area contributed by atoms with Gasteiger partial charge < -0.3 is 15.1 Å². The van der Waals surface area contributed by atoms with Gasteiger partial charge in [0.2, 0.25) is 0 Å². The zero-order valence-corrected chi connectivity index (χ0v) is 10.4. The lowest BCUT2D eigenvalue weighted by Gasteiger charge is -2.34. The molecule has 2 fully saturated rings.